The van der Waals surface area contributed by atoms with Gasteiger partial charge in [-0.15, -0.1) is 11.3 Å². The van der Waals surface area contributed by atoms with Gasteiger partial charge in [0.1, 0.15) is 5.82 Å². The zero-order valence-electron chi connectivity index (χ0n) is 14.1. The summed E-state index contributed by atoms with van der Waals surface area (Å²) in [4.78, 5) is 27.5. The van der Waals surface area contributed by atoms with Crippen LogP contribution in [0.3, 0.4) is 0 Å². The first-order chi connectivity index (χ1) is 12.4. The molecule has 0 radical (unpaired) electrons. The summed E-state index contributed by atoms with van der Waals surface area (Å²) in [6.45, 7) is 1.99. The molecule has 1 aromatic carbocycles. The first-order valence-corrected chi connectivity index (χ1v) is 9.44. The van der Waals surface area contributed by atoms with Gasteiger partial charge in [-0.2, -0.15) is 0 Å². The number of hydrogen-bond donors (Lipinski definition) is 1. The molecule has 0 saturated heterocycles. The van der Waals surface area contributed by atoms with E-state index < -0.39 is 23.9 Å². The highest BCUT2D eigenvalue weighted by Crippen LogP contribution is 2.34. The van der Waals surface area contributed by atoms with Crippen LogP contribution in [0.1, 0.15) is 23.4 Å². The van der Waals surface area contributed by atoms with Crippen molar-refractivity contribution in [3.63, 3.8) is 0 Å². The maximum absolute atomic E-state index is 14.4. The van der Waals surface area contributed by atoms with E-state index in [1.165, 1.54) is 29.4 Å². The number of halogens is 2. The van der Waals surface area contributed by atoms with E-state index in [9.17, 15) is 14.0 Å². The number of carbonyl (C=O) groups is 2. The number of amides is 2. The average Bonchev–Trinajstić information content (AvgIpc) is 3.13. The molecule has 2 heterocycles. The van der Waals surface area contributed by atoms with E-state index >= 15 is 0 Å². The van der Waals surface area contributed by atoms with E-state index in [4.69, 9.17) is 4.74 Å². The monoisotopic (exact) mass is 438 g/mol. The fourth-order valence-electron chi connectivity index (χ4n) is 2.87. The van der Waals surface area contributed by atoms with Crippen molar-refractivity contribution >= 4 is 39.3 Å². The van der Waals surface area contributed by atoms with Crippen LogP contribution in [-0.2, 0) is 16.1 Å². The van der Waals surface area contributed by atoms with Crippen LogP contribution in [0.15, 0.2) is 51.5 Å². The predicted molar refractivity (Wildman–Crippen MR) is 100.0 cm³/mol. The largest absolute Gasteiger partial charge is 0.466 e. The lowest BCUT2D eigenvalue weighted by Crippen LogP contribution is -2.47. The molecule has 1 aromatic heterocycles. The van der Waals surface area contributed by atoms with Gasteiger partial charge in [0.25, 0.3) is 0 Å². The van der Waals surface area contributed by atoms with E-state index in [0.29, 0.717) is 16.7 Å². The minimum absolute atomic E-state index is 0.197. The van der Waals surface area contributed by atoms with Crippen molar-refractivity contribution in [2.45, 2.75) is 19.5 Å². The van der Waals surface area contributed by atoms with E-state index in [1.54, 1.807) is 19.1 Å². The lowest BCUT2D eigenvalue weighted by molar-refractivity contribution is -0.136. The molecule has 2 aromatic rings. The third kappa shape index (κ3) is 3.52. The van der Waals surface area contributed by atoms with Crippen molar-refractivity contribution in [3.05, 3.63) is 67.7 Å². The summed E-state index contributed by atoms with van der Waals surface area (Å²) in [6, 6.07) is 6.87. The van der Waals surface area contributed by atoms with Gasteiger partial charge in [-0.1, -0.05) is 22.0 Å². The van der Waals surface area contributed by atoms with Gasteiger partial charge in [0, 0.05) is 20.6 Å². The summed E-state index contributed by atoms with van der Waals surface area (Å²) in [5.74, 6) is -1.12. The Bertz CT molecular complexity index is 883. The van der Waals surface area contributed by atoms with Gasteiger partial charge >= 0.3 is 12.0 Å². The molecule has 0 spiro atoms. The van der Waals surface area contributed by atoms with Gasteiger partial charge in [-0.25, -0.2) is 14.0 Å². The summed E-state index contributed by atoms with van der Waals surface area (Å²) in [5, 5.41) is 4.64. The highest BCUT2D eigenvalue weighted by atomic mass is 79.9. The van der Waals surface area contributed by atoms with E-state index in [0.717, 1.165) is 4.88 Å². The number of rotatable bonds is 4. The third-order valence-electron chi connectivity index (χ3n) is 4.16. The Kier molecular flexibility index (Phi) is 5.43. The predicted octanol–water partition coefficient (Wildman–Crippen LogP) is 4.36. The Labute approximate surface area is 162 Å². The van der Waals surface area contributed by atoms with Crippen LogP contribution in [0, 0.1) is 5.82 Å². The number of esters is 1. The minimum Gasteiger partial charge on any atom is -0.466 e. The van der Waals surface area contributed by atoms with Gasteiger partial charge in [0.2, 0.25) is 0 Å². The lowest BCUT2D eigenvalue weighted by atomic mass is 9.94. The number of urea groups is 1. The van der Waals surface area contributed by atoms with E-state index in [1.807, 2.05) is 17.5 Å². The number of hydrogen-bond acceptors (Lipinski definition) is 4. The molecular formula is C18H16BrFN2O3S. The fraction of sp³-hybridized carbons (Fsp3) is 0.222. The van der Waals surface area contributed by atoms with Crippen LogP contribution in [0.25, 0.3) is 0 Å². The Hall–Kier alpha value is -2.19. The van der Waals surface area contributed by atoms with Crippen molar-refractivity contribution < 1.29 is 18.7 Å². The molecule has 1 atom stereocenters. The molecule has 1 unspecified atom stereocenters. The molecule has 1 aliphatic rings. The second-order valence-corrected chi connectivity index (χ2v) is 7.65. The standard InChI is InChI=1S/C18H16BrFN2O3S/c1-10-15(17(23)25-2)16(13-8-11(19)5-6-14(13)20)21-18(24)22(10)9-12-4-3-7-26-12/h3-8,16H,9H2,1-2H3,(H,21,24). The number of nitrogens with one attached hydrogen (secondary N) is 1. The van der Waals surface area contributed by atoms with Crippen molar-refractivity contribution in [2.75, 3.05) is 7.11 Å². The van der Waals surface area contributed by atoms with Crippen molar-refractivity contribution in [1.29, 1.82) is 0 Å². The molecule has 0 saturated carbocycles. The highest BCUT2D eigenvalue weighted by Gasteiger charge is 2.37. The molecule has 26 heavy (non-hydrogen) atoms. The molecular weight excluding hydrogens is 423 g/mol. The van der Waals surface area contributed by atoms with Gasteiger partial charge < -0.3 is 10.1 Å². The number of carbonyl (C=O) groups excluding carboxylic acids is 2. The molecule has 0 aliphatic carbocycles. The van der Waals surface area contributed by atoms with Crippen molar-refractivity contribution in [1.82, 2.24) is 10.2 Å². The normalized spacial score (nSPS) is 17.3. The molecule has 136 valence electrons. The summed E-state index contributed by atoms with van der Waals surface area (Å²) in [6.07, 6.45) is 0. The quantitative estimate of drug-likeness (QED) is 0.721. The Morgan fingerprint density at radius 2 is 2.19 bits per heavy atom. The number of benzene rings is 1. The molecule has 1 aliphatic heterocycles. The van der Waals surface area contributed by atoms with Crippen molar-refractivity contribution in [3.8, 4) is 0 Å². The first-order valence-electron chi connectivity index (χ1n) is 7.76. The number of nitrogens with zero attached hydrogens (tertiary/aromatic N) is 1. The smallest absolute Gasteiger partial charge is 0.337 e. The summed E-state index contributed by atoms with van der Waals surface area (Å²) < 4.78 is 19.9. The summed E-state index contributed by atoms with van der Waals surface area (Å²) in [5.41, 5.74) is 0.849. The van der Waals surface area contributed by atoms with Crippen LogP contribution < -0.4 is 5.32 Å². The Balaban J connectivity index is 2.08. The van der Waals surface area contributed by atoms with E-state index in [-0.39, 0.29) is 11.1 Å². The maximum atomic E-state index is 14.4. The fourth-order valence-corrected chi connectivity index (χ4v) is 3.95. The number of ether oxygens (including phenoxy) is 1. The third-order valence-corrected chi connectivity index (χ3v) is 5.52. The average molecular weight is 439 g/mol. The molecule has 0 bridgehead atoms. The van der Waals surface area contributed by atoms with Crippen LogP contribution in [-0.4, -0.2) is 24.0 Å². The molecule has 8 heteroatoms. The number of methoxy groups -OCH3 is 1. The lowest BCUT2D eigenvalue weighted by Gasteiger charge is -2.35. The van der Waals surface area contributed by atoms with Gasteiger partial charge in [-0.3, -0.25) is 4.90 Å². The molecule has 2 amide bonds. The van der Waals surface area contributed by atoms with Gasteiger partial charge in [0.15, 0.2) is 0 Å². The zero-order chi connectivity index (χ0) is 18.8. The molecule has 0 fully saturated rings. The maximum Gasteiger partial charge on any atom is 0.337 e. The Morgan fingerprint density at radius 3 is 2.85 bits per heavy atom. The van der Waals surface area contributed by atoms with Crippen LogP contribution in [0.5, 0.6) is 0 Å². The first kappa shape index (κ1) is 18.6. The van der Waals surface area contributed by atoms with Gasteiger partial charge in [-0.05, 0) is 36.6 Å². The Morgan fingerprint density at radius 1 is 1.42 bits per heavy atom. The second kappa shape index (κ2) is 7.59. The van der Waals surface area contributed by atoms with Crippen LogP contribution in [0.4, 0.5) is 9.18 Å². The highest BCUT2D eigenvalue weighted by molar-refractivity contribution is 9.10. The topological polar surface area (TPSA) is 58.6 Å². The zero-order valence-corrected chi connectivity index (χ0v) is 16.5. The molecule has 1 N–H and O–H groups in total. The summed E-state index contributed by atoms with van der Waals surface area (Å²) in [7, 11) is 1.26. The minimum atomic E-state index is -0.924. The van der Waals surface area contributed by atoms with Crippen LogP contribution in [0.2, 0.25) is 0 Å². The van der Waals surface area contributed by atoms with Crippen molar-refractivity contribution in [2.24, 2.45) is 0 Å². The van der Waals surface area contributed by atoms with Crippen LogP contribution >= 0.6 is 27.3 Å². The SMILES string of the molecule is COC(=O)C1=C(C)N(Cc2cccs2)C(=O)NC1c1cc(Br)ccc1F. The van der Waals surface area contributed by atoms with E-state index in [2.05, 4.69) is 21.2 Å². The molecule has 5 nitrogen and oxygen atoms in total. The number of allylic oxidation sites excluding steroid dienone is 1. The molecule has 3 rings (SSSR count). The second-order valence-electron chi connectivity index (χ2n) is 5.70. The number of thiophene rings is 1. The van der Waals surface area contributed by atoms with Gasteiger partial charge in [0.05, 0.1) is 25.3 Å². The summed E-state index contributed by atoms with van der Waals surface area (Å²) >= 11 is 4.81.